The van der Waals surface area contributed by atoms with Crippen molar-refractivity contribution >= 4 is 29.2 Å². The molecule has 2 N–H and O–H groups in total. The van der Waals surface area contributed by atoms with E-state index in [0.717, 1.165) is 44.5 Å². The van der Waals surface area contributed by atoms with Gasteiger partial charge in [0.05, 0.1) is 5.57 Å². The molecule has 1 aromatic carbocycles. The second-order valence-corrected chi connectivity index (χ2v) is 10.5. The third kappa shape index (κ3) is 8.24. The number of carbonyl (C=O) groups excluding carboxylic acids is 2. The van der Waals surface area contributed by atoms with E-state index in [4.69, 9.17) is 10.2 Å². The van der Waals surface area contributed by atoms with Gasteiger partial charge in [-0.05, 0) is 62.0 Å². The standard InChI is InChI=1S/C32H42N2O6/c1-3-5-19-33(21-7-9-27(35)36)25-15-11-23(12-16-25)29-31(39)30(32(29)40)24-13-17-26(18-14-24)34(20-6-4-2)22-8-10-28(37)38/h11-18,25,30H,3-10,19-22H2,1-2H3,(H,35,36)(H,37,38). The number of ketones is 2. The number of benzene rings is 1. The first kappa shape index (κ1) is 31.0. The molecule has 1 fully saturated rings. The summed E-state index contributed by atoms with van der Waals surface area (Å²) in [6, 6.07) is 7.50. The van der Waals surface area contributed by atoms with Gasteiger partial charge in [-0.2, -0.15) is 0 Å². The maximum atomic E-state index is 13.1. The van der Waals surface area contributed by atoms with Crippen LogP contribution in [0.5, 0.6) is 0 Å². The van der Waals surface area contributed by atoms with Crippen LogP contribution in [0.15, 0.2) is 59.7 Å². The Morgan fingerprint density at radius 2 is 1.25 bits per heavy atom. The maximum absolute atomic E-state index is 13.1. The fourth-order valence-corrected chi connectivity index (χ4v) is 5.20. The van der Waals surface area contributed by atoms with Gasteiger partial charge in [0.2, 0.25) is 0 Å². The van der Waals surface area contributed by atoms with Crippen LogP contribution in [0.25, 0.3) is 0 Å². The molecule has 0 unspecified atom stereocenters. The molecule has 0 saturated heterocycles. The van der Waals surface area contributed by atoms with Crippen LogP contribution >= 0.6 is 0 Å². The van der Waals surface area contributed by atoms with Gasteiger partial charge in [0.15, 0.2) is 11.6 Å². The van der Waals surface area contributed by atoms with Crippen molar-refractivity contribution in [2.45, 2.75) is 77.2 Å². The van der Waals surface area contributed by atoms with Crippen LogP contribution < -0.4 is 4.90 Å². The first-order valence-corrected chi connectivity index (χ1v) is 14.5. The lowest BCUT2D eigenvalue weighted by Crippen LogP contribution is -2.40. The lowest BCUT2D eigenvalue weighted by Gasteiger charge is -2.31. The number of hydrogen-bond acceptors (Lipinski definition) is 6. The molecule has 0 atom stereocenters. The van der Waals surface area contributed by atoms with Gasteiger partial charge < -0.3 is 15.1 Å². The van der Waals surface area contributed by atoms with Crippen molar-refractivity contribution in [3.05, 3.63) is 65.3 Å². The van der Waals surface area contributed by atoms with Gasteiger partial charge in [0.1, 0.15) is 5.92 Å². The van der Waals surface area contributed by atoms with Gasteiger partial charge in [0.25, 0.3) is 0 Å². The van der Waals surface area contributed by atoms with Gasteiger partial charge in [-0.25, -0.2) is 0 Å². The Morgan fingerprint density at radius 1 is 0.750 bits per heavy atom. The fraction of sp³-hybridized carbons (Fsp3) is 0.500. The van der Waals surface area contributed by atoms with E-state index in [0.29, 0.717) is 37.1 Å². The Morgan fingerprint density at radius 3 is 1.80 bits per heavy atom. The minimum absolute atomic E-state index is 0.00414. The van der Waals surface area contributed by atoms with E-state index in [1.54, 1.807) is 0 Å². The number of nitrogens with zero attached hydrogens (tertiary/aromatic N) is 2. The Kier molecular flexibility index (Phi) is 11.9. The molecule has 0 amide bonds. The number of rotatable bonds is 17. The van der Waals surface area contributed by atoms with E-state index in [2.05, 4.69) is 23.6 Å². The van der Waals surface area contributed by atoms with Crippen LogP contribution in [0.2, 0.25) is 0 Å². The van der Waals surface area contributed by atoms with Crippen LogP contribution in [-0.4, -0.2) is 70.8 Å². The van der Waals surface area contributed by atoms with Crippen LogP contribution in [0, 0.1) is 0 Å². The number of aliphatic carboxylic acids is 2. The minimum Gasteiger partial charge on any atom is -0.481 e. The summed E-state index contributed by atoms with van der Waals surface area (Å²) >= 11 is 0. The molecule has 216 valence electrons. The van der Waals surface area contributed by atoms with E-state index in [1.807, 2.05) is 48.6 Å². The summed E-state index contributed by atoms with van der Waals surface area (Å²) in [5, 5.41) is 17.9. The summed E-state index contributed by atoms with van der Waals surface area (Å²) in [6.07, 6.45) is 13.1. The molecule has 0 bridgehead atoms. The molecule has 0 radical (unpaired) electrons. The first-order valence-electron chi connectivity index (χ1n) is 14.5. The summed E-state index contributed by atoms with van der Waals surface area (Å²) in [6.45, 7) is 7.21. The number of Topliss-reactive ketones (excluding diaryl/α,β-unsaturated/α-hetero) is 2. The molecule has 3 rings (SSSR count). The molecule has 2 aliphatic carbocycles. The van der Waals surface area contributed by atoms with E-state index in [1.165, 1.54) is 0 Å². The first-order chi connectivity index (χ1) is 19.3. The highest BCUT2D eigenvalue weighted by Crippen LogP contribution is 2.38. The predicted octanol–water partition coefficient (Wildman–Crippen LogP) is 5.15. The van der Waals surface area contributed by atoms with Gasteiger partial charge >= 0.3 is 11.9 Å². The molecular formula is C32H42N2O6. The average molecular weight is 551 g/mol. The molecule has 0 aliphatic heterocycles. The average Bonchev–Trinajstić information content (AvgIpc) is 2.93. The summed E-state index contributed by atoms with van der Waals surface area (Å²) in [7, 11) is 0. The predicted molar refractivity (Wildman–Crippen MR) is 156 cm³/mol. The maximum Gasteiger partial charge on any atom is 0.303 e. The quantitative estimate of drug-likeness (QED) is 0.155. The van der Waals surface area contributed by atoms with Crippen LogP contribution in [0.3, 0.4) is 0 Å². The zero-order valence-corrected chi connectivity index (χ0v) is 23.7. The number of hydrogen-bond donors (Lipinski definition) is 2. The lowest BCUT2D eigenvalue weighted by atomic mass is 9.70. The molecule has 8 nitrogen and oxygen atoms in total. The number of anilines is 1. The molecule has 2 aliphatic rings. The van der Waals surface area contributed by atoms with E-state index in [9.17, 15) is 19.2 Å². The fourth-order valence-electron chi connectivity index (χ4n) is 5.20. The highest BCUT2D eigenvalue weighted by Gasteiger charge is 2.46. The SMILES string of the molecule is CCCCN(CCCC(=O)O)c1ccc(C2C(=O)C(=C3C=CC(N(CCCC)CCCC(=O)O)C=C3)C2=O)cc1. The van der Waals surface area contributed by atoms with Crippen molar-refractivity contribution < 1.29 is 29.4 Å². The molecule has 0 spiro atoms. The smallest absolute Gasteiger partial charge is 0.303 e. The van der Waals surface area contributed by atoms with Gasteiger partial charge in [-0.3, -0.25) is 24.1 Å². The van der Waals surface area contributed by atoms with E-state index < -0.39 is 17.9 Å². The Labute approximate surface area is 237 Å². The van der Waals surface area contributed by atoms with Crippen LogP contribution in [0.4, 0.5) is 5.69 Å². The summed E-state index contributed by atoms with van der Waals surface area (Å²) < 4.78 is 0. The Hall–Kier alpha value is -3.52. The topological polar surface area (TPSA) is 115 Å². The summed E-state index contributed by atoms with van der Waals surface area (Å²) in [4.78, 5) is 52.5. The summed E-state index contributed by atoms with van der Waals surface area (Å²) in [5.74, 6) is -2.74. The highest BCUT2D eigenvalue weighted by molar-refractivity contribution is 6.42. The van der Waals surface area contributed by atoms with Gasteiger partial charge in [-0.15, -0.1) is 0 Å². The van der Waals surface area contributed by atoms with Crippen molar-refractivity contribution in [3.63, 3.8) is 0 Å². The largest absolute Gasteiger partial charge is 0.481 e. The number of allylic oxidation sites excluding steroid dienone is 4. The molecule has 0 aromatic heterocycles. The molecular weight excluding hydrogens is 508 g/mol. The van der Waals surface area contributed by atoms with Crippen molar-refractivity contribution in [2.24, 2.45) is 0 Å². The number of carbonyl (C=O) groups is 4. The molecule has 1 aromatic rings. The van der Waals surface area contributed by atoms with Crippen LogP contribution in [0.1, 0.15) is 76.7 Å². The zero-order valence-electron chi connectivity index (χ0n) is 23.7. The molecule has 8 heteroatoms. The van der Waals surface area contributed by atoms with Crippen molar-refractivity contribution in [1.82, 2.24) is 4.90 Å². The van der Waals surface area contributed by atoms with Crippen molar-refractivity contribution in [2.75, 3.05) is 31.1 Å². The number of carboxylic acids is 2. The highest BCUT2D eigenvalue weighted by atomic mass is 16.4. The van der Waals surface area contributed by atoms with Gasteiger partial charge in [0, 0.05) is 37.7 Å². The Balaban J connectivity index is 1.66. The van der Waals surface area contributed by atoms with E-state index >= 15 is 0 Å². The molecule has 0 heterocycles. The third-order valence-corrected chi connectivity index (χ3v) is 7.50. The zero-order chi connectivity index (χ0) is 29.1. The van der Waals surface area contributed by atoms with Crippen molar-refractivity contribution in [3.8, 4) is 0 Å². The lowest BCUT2D eigenvalue weighted by molar-refractivity contribution is -0.138. The Bertz CT molecular complexity index is 1120. The van der Waals surface area contributed by atoms with E-state index in [-0.39, 0.29) is 36.0 Å². The molecule has 40 heavy (non-hydrogen) atoms. The van der Waals surface area contributed by atoms with Crippen LogP contribution in [-0.2, 0) is 19.2 Å². The second-order valence-electron chi connectivity index (χ2n) is 10.5. The number of unbranched alkanes of at least 4 members (excludes halogenated alkanes) is 2. The summed E-state index contributed by atoms with van der Waals surface area (Å²) in [5.41, 5.74) is 2.50. The minimum atomic E-state index is -0.805. The normalized spacial score (nSPS) is 18.4. The monoisotopic (exact) mass is 550 g/mol. The number of carboxylic acid groups (broad SMARTS) is 2. The second kappa shape index (κ2) is 15.3. The molecule has 1 saturated carbocycles. The third-order valence-electron chi connectivity index (χ3n) is 7.50. The van der Waals surface area contributed by atoms with Crippen molar-refractivity contribution in [1.29, 1.82) is 0 Å². The van der Waals surface area contributed by atoms with Gasteiger partial charge in [-0.1, -0.05) is 63.1 Å².